The third-order valence-electron chi connectivity index (χ3n) is 6.26. The largest absolute Gasteiger partial charge is 0.336 e. The Bertz CT molecular complexity index is 770. The molecule has 6 heteroatoms. The molecule has 2 aliphatic heterocycles. The molecule has 2 saturated heterocycles. The Morgan fingerprint density at radius 3 is 2.16 bits per heavy atom. The Labute approximate surface area is 145 Å². The quantitative estimate of drug-likeness (QED) is 0.863. The first-order chi connectivity index (χ1) is 12.2. The first-order valence-electron chi connectivity index (χ1n) is 9.12. The SMILES string of the molecule is O=C(N1C2CCC1CC(n1nccn1)C2)C1(c2ccc(F)cc2)CC1. The lowest BCUT2D eigenvalue weighted by Gasteiger charge is -2.40. The minimum absolute atomic E-state index is 0.249. The van der Waals surface area contributed by atoms with Crippen molar-refractivity contribution >= 4 is 5.91 Å². The number of carbonyl (C=O) groups excluding carboxylic acids is 1. The minimum atomic E-state index is -0.411. The predicted molar refractivity (Wildman–Crippen MR) is 89.3 cm³/mol. The van der Waals surface area contributed by atoms with E-state index in [4.69, 9.17) is 0 Å². The van der Waals surface area contributed by atoms with Crippen molar-refractivity contribution < 1.29 is 9.18 Å². The van der Waals surface area contributed by atoms with Crippen molar-refractivity contribution in [3.05, 3.63) is 48.0 Å². The summed E-state index contributed by atoms with van der Waals surface area (Å²) >= 11 is 0. The number of halogens is 1. The van der Waals surface area contributed by atoms with Gasteiger partial charge in [0, 0.05) is 12.1 Å². The molecule has 25 heavy (non-hydrogen) atoms. The normalized spacial score (nSPS) is 29.6. The van der Waals surface area contributed by atoms with Crippen molar-refractivity contribution in [1.82, 2.24) is 19.9 Å². The molecule has 1 aliphatic carbocycles. The number of carbonyl (C=O) groups is 1. The van der Waals surface area contributed by atoms with Gasteiger partial charge in [0.05, 0.1) is 23.9 Å². The highest BCUT2D eigenvalue weighted by Gasteiger charge is 2.57. The molecule has 1 amide bonds. The van der Waals surface area contributed by atoms with Gasteiger partial charge in [-0.05, 0) is 56.2 Å². The molecule has 1 aromatic heterocycles. The molecule has 2 unspecified atom stereocenters. The molecule has 0 N–H and O–H groups in total. The predicted octanol–water partition coefficient (Wildman–Crippen LogP) is 2.84. The van der Waals surface area contributed by atoms with Gasteiger partial charge in [0.2, 0.25) is 5.91 Å². The van der Waals surface area contributed by atoms with Crippen molar-refractivity contribution in [2.75, 3.05) is 0 Å². The smallest absolute Gasteiger partial charge is 0.233 e. The van der Waals surface area contributed by atoms with Gasteiger partial charge in [-0.15, -0.1) is 0 Å². The number of rotatable bonds is 3. The van der Waals surface area contributed by atoms with E-state index in [1.54, 1.807) is 29.3 Å². The molecular formula is C19H21FN4O. The zero-order chi connectivity index (χ0) is 17.0. The molecule has 2 aromatic rings. The van der Waals surface area contributed by atoms with Gasteiger partial charge in [-0.25, -0.2) is 4.39 Å². The van der Waals surface area contributed by atoms with Gasteiger partial charge in [0.1, 0.15) is 5.82 Å². The third kappa shape index (κ3) is 2.30. The number of nitrogens with zero attached hydrogens (tertiary/aromatic N) is 4. The van der Waals surface area contributed by atoms with Crippen LogP contribution in [0, 0.1) is 5.82 Å². The lowest BCUT2D eigenvalue weighted by Crippen LogP contribution is -2.51. The molecule has 3 aliphatic rings. The highest BCUT2D eigenvalue weighted by atomic mass is 19.1. The fourth-order valence-corrected chi connectivity index (χ4v) is 4.85. The maximum Gasteiger partial charge on any atom is 0.233 e. The van der Waals surface area contributed by atoms with E-state index < -0.39 is 5.41 Å². The van der Waals surface area contributed by atoms with Crippen LogP contribution in [0.2, 0.25) is 0 Å². The second-order valence-electron chi connectivity index (χ2n) is 7.66. The monoisotopic (exact) mass is 340 g/mol. The van der Waals surface area contributed by atoms with Crippen molar-refractivity contribution in [3.63, 3.8) is 0 Å². The van der Waals surface area contributed by atoms with E-state index in [1.165, 1.54) is 12.1 Å². The van der Waals surface area contributed by atoms with Crippen LogP contribution < -0.4 is 0 Å². The van der Waals surface area contributed by atoms with Crippen LogP contribution in [0.5, 0.6) is 0 Å². The number of hydrogen-bond acceptors (Lipinski definition) is 3. The molecule has 5 rings (SSSR count). The zero-order valence-electron chi connectivity index (χ0n) is 14.0. The van der Waals surface area contributed by atoms with Crippen molar-refractivity contribution in [2.24, 2.45) is 0 Å². The van der Waals surface area contributed by atoms with Crippen LogP contribution in [0.25, 0.3) is 0 Å². The number of aromatic nitrogens is 3. The van der Waals surface area contributed by atoms with E-state index in [0.717, 1.165) is 44.1 Å². The fraction of sp³-hybridized carbons (Fsp3) is 0.526. The van der Waals surface area contributed by atoms with Gasteiger partial charge in [-0.1, -0.05) is 12.1 Å². The number of hydrogen-bond donors (Lipinski definition) is 0. The van der Waals surface area contributed by atoms with E-state index in [-0.39, 0.29) is 29.8 Å². The summed E-state index contributed by atoms with van der Waals surface area (Å²) < 4.78 is 13.3. The Balaban J connectivity index is 1.39. The summed E-state index contributed by atoms with van der Waals surface area (Å²) in [6.45, 7) is 0. The van der Waals surface area contributed by atoms with Gasteiger partial charge in [0.15, 0.2) is 0 Å². The number of fused-ring (bicyclic) bond motifs is 2. The number of benzene rings is 1. The summed E-state index contributed by atoms with van der Waals surface area (Å²) in [6.07, 6.45) is 9.16. The summed E-state index contributed by atoms with van der Waals surface area (Å²) in [7, 11) is 0. The molecule has 3 fully saturated rings. The summed E-state index contributed by atoms with van der Waals surface area (Å²) in [5.41, 5.74) is 0.555. The topological polar surface area (TPSA) is 51.0 Å². The third-order valence-corrected chi connectivity index (χ3v) is 6.26. The van der Waals surface area contributed by atoms with E-state index >= 15 is 0 Å². The van der Waals surface area contributed by atoms with Crippen LogP contribution in [-0.4, -0.2) is 37.9 Å². The lowest BCUT2D eigenvalue weighted by molar-refractivity contribution is -0.139. The van der Waals surface area contributed by atoms with Crippen LogP contribution >= 0.6 is 0 Å². The van der Waals surface area contributed by atoms with E-state index in [9.17, 15) is 9.18 Å². The van der Waals surface area contributed by atoms with E-state index in [0.29, 0.717) is 0 Å². The Hall–Kier alpha value is -2.24. The van der Waals surface area contributed by atoms with E-state index in [2.05, 4.69) is 15.1 Å². The van der Waals surface area contributed by atoms with E-state index in [1.807, 2.05) is 0 Å². The van der Waals surface area contributed by atoms with Gasteiger partial charge >= 0.3 is 0 Å². The standard InChI is InChI=1S/C19H21FN4O/c20-14-3-1-13(2-4-14)19(7-8-19)18(25)23-15-5-6-16(23)12-17(11-15)24-21-9-10-22-24/h1-4,9-10,15-17H,5-8,11-12H2. The van der Waals surface area contributed by atoms with Crippen molar-refractivity contribution in [2.45, 2.75) is 62.1 Å². The van der Waals surface area contributed by atoms with Crippen molar-refractivity contribution in [3.8, 4) is 0 Å². The maximum atomic E-state index is 13.4. The van der Waals surface area contributed by atoms with Crippen LogP contribution in [0.1, 0.15) is 50.1 Å². The second kappa shape index (κ2) is 5.38. The van der Waals surface area contributed by atoms with Gasteiger partial charge < -0.3 is 4.90 Å². The summed E-state index contributed by atoms with van der Waals surface area (Å²) in [4.78, 5) is 17.4. The fourth-order valence-electron chi connectivity index (χ4n) is 4.85. The Kier molecular flexibility index (Phi) is 3.24. The van der Waals surface area contributed by atoms with Crippen LogP contribution in [0.4, 0.5) is 4.39 Å². The first kappa shape index (κ1) is 15.0. The minimum Gasteiger partial charge on any atom is -0.336 e. The summed E-state index contributed by atoms with van der Waals surface area (Å²) in [5.74, 6) is -0.00177. The maximum absolute atomic E-state index is 13.4. The highest BCUT2D eigenvalue weighted by Crippen LogP contribution is 2.52. The Morgan fingerprint density at radius 2 is 1.60 bits per heavy atom. The zero-order valence-corrected chi connectivity index (χ0v) is 14.0. The first-order valence-corrected chi connectivity index (χ1v) is 9.12. The average Bonchev–Trinajstić information content (AvgIpc) is 3.16. The average molecular weight is 340 g/mol. The van der Waals surface area contributed by atoms with Gasteiger partial charge in [0.25, 0.3) is 0 Å². The number of piperidine rings is 1. The lowest BCUT2D eigenvalue weighted by atomic mass is 9.90. The molecule has 5 nitrogen and oxygen atoms in total. The Morgan fingerprint density at radius 1 is 1.00 bits per heavy atom. The molecule has 3 heterocycles. The molecule has 2 atom stereocenters. The molecule has 130 valence electrons. The van der Waals surface area contributed by atoms with Crippen LogP contribution in [0.3, 0.4) is 0 Å². The second-order valence-corrected chi connectivity index (χ2v) is 7.66. The van der Waals surface area contributed by atoms with Crippen molar-refractivity contribution in [1.29, 1.82) is 0 Å². The molecule has 2 bridgehead atoms. The van der Waals surface area contributed by atoms with Gasteiger partial charge in [-0.3, -0.25) is 4.79 Å². The molecular weight excluding hydrogens is 319 g/mol. The highest BCUT2D eigenvalue weighted by molar-refractivity contribution is 5.92. The molecule has 1 saturated carbocycles. The molecule has 0 radical (unpaired) electrons. The molecule has 0 spiro atoms. The molecule has 1 aromatic carbocycles. The summed E-state index contributed by atoms with van der Waals surface area (Å²) in [6, 6.07) is 7.34. The van der Waals surface area contributed by atoms with Gasteiger partial charge in [-0.2, -0.15) is 15.0 Å². The van der Waals surface area contributed by atoms with Crippen LogP contribution in [0.15, 0.2) is 36.7 Å². The van der Waals surface area contributed by atoms with Crippen LogP contribution in [-0.2, 0) is 10.2 Å². The number of amides is 1. The summed E-state index contributed by atoms with van der Waals surface area (Å²) in [5, 5.41) is 8.58.